The van der Waals surface area contributed by atoms with E-state index in [1.807, 2.05) is 6.92 Å². The predicted octanol–water partition coefficient (Wildman–Crippen LogP) is 1.85. The minimum absolute atomic E-state index is 0. The molecule has 0 radical (unpaired) electrons. The second-order valence-corrected chi connectivity index (χ2v) is 7.10. The van der Waals surface area contributed by atoms with Crippen LogP contribution in [0.25, 0.3) is 0 Å². The Bertz CT molecular complexity index is 606. The van der Waals surface area contributed by atoms with E-state index in [4.69, 9.17) is 0 Å². The number of nitrogens with one attached hydrogen (secondary N) is 2. The van der Waals surface area contributed by atoms with Crippen LogP contribution in [0, 0.1) is 12.7 Å². The number of guanidine groups is 1. The smallest absolute Gasteiger partial charge is 0.191 e. The van der Waals surface area contributed by atoms with Gasteiger partial charge in [0.2, 0.25) is 0 Å². The van der Waals surface area contributed by atoms with Crippen LogP contribution in [0.1, 0.15) is 18.1 Å². The fourth-order valence-electron chi connectivity index (χ4n) is 1.67. The first-order chi connectivity index (χ1) is 9.81. The lowest BCUT2D eigenvalue weighted by atomic mass is 10.1. The summed E-state index contributed by atoms with van der Waals surface area (Å²) in [5.41, 5.74) is 1.48. The fourth-order valence-corrected chi connectivity index (χ4v) is 2.14. The standard InChI is InChI=1S/C14H22FN3O2S.HI/c1-4-16-14(17-7-8-21(3,19)20)18-10-12-5-6-13(15)11(2)9-12;/h5-6,9H,4,7-8,10H2,1-3H3,(H2,16,17,18);1H. The monoisotopic (exact) mass is 443 g/mol. The van der Waals surface area contributed by atoms with Crippen LogP contribution >= 0.6 is 24.0 Å². The molecule has 1 aromatic carbocycles. The molecular formula is C14H23FIN3O2S. The predicted molar refractivity (Wildman–Crippen MR) is 99.1 cm³/mol. The van der Waals surface area contributed by atoms with Crippen molar-refractivity contribution in [2.45, 2.75) is 20.4 Å². The summed E-state index contributed by atoms with van der Waals surface area (Å²) in [6.07, 6.45) is 1.19. The molecule has 0 aromatic heterocycles. The third kappa shape index (κ3) is 8.52. The Morgan fingerprint density at radius 2 is 2.00 bits per heavy atom. The normalized spacial score (nSPS) is 11.7. The van der Waals surface area contributed by atoms with E-state index in [0.29, 0.717) is 31.2 Å². The maximum Gasteiger partial charge on any atom is 0.191 e. The number of halogens is 2. The molecule has 0 spiro atoms. The van der Waals surface area contributed by atoms with Crippen molar-refractivity contribution >= 4 is 39.8 Å². The highest BCUT2D eigenvalue weighted by atomic mass is 127. The van der Waals surface area contributed by atoms with Crippen molar-refractivity contribution in [1.82, 2.24) is 10.6 Å². The highest BCUT2D eigenvalue weighted by molar-refractivity contribution is 14.0. The minimum atomic E-state index is -3.00. The van der Waals surface area contributed by atoms with Gasteiger partial charge in [-0.15, -0.1) is 24.0 Å². The van der Waals surface area contributed by atoms with Crippen LogP contribution in [0.4, 0.5) is 4.39 Å². The van der Waals surface area contributed by atoms with Crippen molar-refractivity contribution in [3.05, 3.63) is 35.1 Å². The van der Waals surface area contributed by atoms with Gasteiger partial charge in [-0.1, -0.05) is 12.1 Å². The van der Waals surface area contributed by atoms with Crippen molar-refractivity contribution in [2.75, 3.05) is 25.1 Å². The molecular weight excluding hydrogens is 420 g/mol. The van der Waals surface area contributed by atoms with Gasteiger partial charge in [0, 0.05) is 19.3 Å². The number of hydrogen-bond acceptors (Lipinski definition) is 3. The molecule has 0 aliphatic heterocycles. The first kappa shape index (κ1) is 21.1. The van der Waals surface area contributed by atoms with E-state index in [9.17, 15) is 12.8 Å². The van der Waals surface area contributed by atoms with Gasteiger partial charge >= 0.3 is 0 Å². The van der Waals surface area contributed by atoms with Crippen molar-refractivity contribution in [3.63, 3.8) is 0 Å². The van der Waals surface area contributed by atoms with E-state index in [1.54, 1.807) is 19.1 Å². The number of hydrogen-bond donors (Lipinski definition) is 2. The average Bonchev–Trinajstić information content (AvgIpc) is 2.38. The fraction of sp³-hybridized carbons (Fsp3) is 0.500. The Morgan fingerprint density at radius 1 is 1.32 bits per heavy atom. The second-order valence-electron chi connectivity index (χ2n) is 4.84. The van der Waals surface area contributed by atoms with Crippen molar-refractivity contribution in [1.29, 1.82) is 0 Å². The number of nitrogens with zero attached hydrogens (tertiary/aromatic N) is 1. The molecule has 0 aliphatic carbocycles. The van der Waals surface area contributed by atoms with Crippen LogP contribution in [0.15, 0.2) is 23.2 Å². The molecule has 0 bridgehead atoms. The number of benzene rings is 1. The third-order valence-electron chi connectivity index (χ3n) is 2.75. The first-order valence-corrected chi connectivity index (χ1v) is 8.83. The lowest BCUT2D eigenvalue weighted by Gasteiger charge is -2.11. The first-order valence-electron chi connectivity index (χ1n) is 6.76. The molecule has 0 heterocycles. The molecule has 0 aliphatic rings. The zero-order valence-corrected chi connectivity index (χ0v) is 16.2. The maximum absolute atomic E-state index is 13.2. The van der Waals surface area contributed by atoms with Crippen LogP contribution in [-0.2, 0) is 16.4 Å². The van der Waals surface area contributed by atoms with E-state index in [1.165, 1.54) is 12.3 Å². The summed E-state index contributed by atoms with van der Waals surface area (Å²) < 4.78 is 35.3. The third-order valence-corrected chi connectivity index (χ3v) is 3.70. The highest BCUT2D eigenvalue weighted by Crippen LogP contribution is 2.09. The Morgan fingerprint density at radius 3 is 2.55 bits per heavy atom. The molecule has 0 unspecified atom stereocenters. The SMILES string of the molecule is CCNC(=NCc1ccc(F)c(C)c1)NCCS(C)(=O)=O.I. The lowest BCUT2D eigenvalue weighted by Crippen LogP contribution is -2.39. The number of rotatable bonds is 6. The van der Waals surface area contributed by atoms with Gasteiger partial charge in [0.25, 0.3) is 0 Å². The van der Waals surface area contributed by atoms with E-state index in [-0.39, 0.29) is 35.5 Å². The summed E-state index contributed by atoms with van der Waals surface area (Å²) in [4.78, 5) is 4.35. The molecule has 0 saturated carbocycles. The molecule has 1 aromatic rings. The van der Waals surface area contributed by atoms with Crippen LogP contribution in [0.2, 0.25) is 0 Å². The summed E-state index contributed by atoms with van der Waals surface area (Å²) in [7, 11) is -3.00. The Labute approximate surface area is 148 Å². The molecule has 1 rings (SSSR count). The zero-order chi connectivity index (χ0) is 15.9. The van der Waals surface area contributed by atoms with Gasteiger partial charge in [-0.3, -0.25) is 0 Å². The number of aryl methyl sites for hydroxylation is 1. The molecule has 22 heavy (non-hydrogen) atoms. The minimum Gasteiger partial charge on any atom is -0.357 e. The van der Waals surface area contributed by atoms with Crippen LogP contribution < -0.4 is 10.6 Å². The van der Waals surface area contributed by atoms with E-state index < -0.39 is 9.84 Å². The summed E-state index contributed by atoms with van der Waals surface area (Å²) >= 11 is 0. The topological polar surface area (TPSA) is 70.6 Å². The lowest BCUT2D eigenvalue weighted by molar-refractivity contribution is 0.600. The van der Waals surface area contributed by atoms with Gasteiger partial charge in [-0.25, -0.2) is 17.8 Å². The van der Waals surface area contributed by atoms with Gasteiger partial charge in [0.05, 0.1) is 12.3 Å². The molecule has 0 fully saturated rings. The summed E-state index contributed by atoms with van der Waals surface area (Å²) in [5.74, 6) is 0.358. The Balaban J connectivity index is 0.00000441. The number of aliphatic imine (C=N–C) groups is 1. The van der Waals surface area contributed by atoms with E-state index >= 15 is 0 Å². The Hall–Kier alpha value is -0.900. The van der Waals surface area contributed by atoms with Crippen molar-refractivity contribution < 1.29 is 12.8 Å². The van der Waals surface area contributed by atoms with Crippen molar-refractivity contribution in [3.8, 4) is 0 Å². The van der Waals surface area contributed by atoms with Crippen LogP contribution in [-0.4, -0.2) is 39.5 Å². The average molecular weight is 443 g/mol. The zero-order valence-electron chi connectivity index (χ0n) is 13.0. The van der Waals surface area contributed by atoms with Gasteiger partial charge in [0.1, 0.15) is 15.7 Å². The van der Waals surface area contributed by atoms with Gasteiger partial charge in [0.15, 0.2) is 5.96 Å². The van der Waals surface area contributed by atoms with E-state index in [0.717, 1.165) is 5.56 Å². The van der Waals surface area contributed by atoms with Crippen molar-refractivity contribution in [2.24, 2.45) is 4.99 Å². The second kappa shape index (κ2) is 9.98. The number of sulfone groups is 1. The maximum atomic E-state index is 13.2. The quantitative estimate of drug-likeness (QED) is 0.400. The largest absolute Gasteiger partial charge is 0.357 e. The summed E-state index contributed by atoms with van der Waals surface area (Å²) in [5, 5.41) is 5.99. The van der Waals surface area contributed by atoms with E-state index in [2.05, 4.69) is 15.6 Å². The van der Waals surface area contributed by atoms with Gasteiger partial charge in [-0.05, 0) is 31.0 Å². The van der Waals surface area contributed by atoms with Gasteiger partial charge < -0.3 is 10.6 Å². The molecule has 5 nitrogen and oxygen atoms in total. The molecule has 2 N–H and O–H groups in total. The molecule has 0 saturated heterocycles. The molecule has 8 heteroatoms. The Kier molecular flexibility index (Phi) is 9.58. The van der Waals surface area contributed by atoms with Crippen LogP contribution in [0.5, 0.6) is 0 Å². The molecule has 0 amide bonds. The summed E-state index contributed by atoms with van der Waals surface area (Å²) in [6, 6.07) is 4.86. The van der Waals surface area contributed by atoms with Gasteiger partial charge in [-0.2, -0.15) is 0 Å². The highest BCUT2D eigenvalue weighted by Gasteiger charge is 2.03. The van der Waals surface area contributed by atoms with Crippen LogP contribution in [0.3, 0.4) is 0 Å². The molecule has 0 atom stereocenters. The molecule has 126 valence electrons. The summed E-state index contributed by atoms with van der Waals surface area (Å²) in [6.45, 7) is 5.00.